The number of carbonyl (C=O) groups is 1. The van der Waals surface area contributed by atoms with Crippen molar-refractivity contribution in [3.63, 3.8) is 0 Å². The third-order valence-corrected chi connectivity index (χ3v) is 4.47. The molecule has 7 nitrogen and oxygen atoms in total. The molecular formula is C12H12N6OS2. The first-order valence-corrected chi connectivity index (χ1v) is 7.91. The first-order valence-electron chi connectivity index (χ1n) is 6.25. The van der Waals surface area contributed by atoms with Gasteiger partial charge in [0.1, 0.15) is 4.88 Å². The smallest absolute Gasteiger partial charge is 0.264 e. The summed E-state index contributed by atoms with van der Waals surface area (Å²) in [7, 11) is 0. The van der Waals surface area contributed by atoms with Crippen LogP contribution in [0.5, 0.6) is 0 Å². The van der Waals surface area contributed by atoms with Gasteiger partial charge in [-0.25, -0.2) is 9.67 Å². The summed E-state index contributed by atoms with van der Waals surface area (Å²) in [6.07, 6.45) is 4.24. The van der Waals surface area contributed by atoms with Crippen molar-refractivity contribution in [2.24, 2.45) is 0 Å². The number of thiazole rings is 1. The molecule has 0 bridgehead atoms. The average molecular weight is 320 g/mol. The molecular weight excluding hydrogens is 308 g/mol. The van der Waals surface area contributed by atoms with Crippen LogP contribution in [0.25, 0.3) is 5.13 Å². The number of hydrogen-bond acceptors (Lipinski definition) is 7. The van der Waals surface area contributed by atoms with Gasteiger partial charge in [0.25, 0.3) is 5.91 Å². The van der Waals surface area contributed by atoms with Gasteiger partial charge in [-0.05, 0) is 24.5 Å². The maximum atomic E-state index is 11.9. The molecule has 3 heterocycles. The zero-order valence-electron chi connectivity index (χ0n) is 11.2. The molecule has 0 atom stereocenters. The van der Waals surface area contributed by atoms with Crippen LogP contribution >= 0.6 is 22.9 Å². The van der Waals surface area contributed by atoms with E-state index in [4.69, 9.17) is 0 Å². The Morgan fingerprint density at radius 1 is 1.48 bits per heavy atom. The Hall–Kier alpha value is -2.13. The summed E-state index contributed by atoms with van der Waals surface area (Å²) in [5.41, 5.74) is 1.59. The number of nitrogens with zero attached hydrogens (tertiary/aromatic N) is 5. The molecule has 0 radical (unpaired) electrons. The molecule has 21 heavy (non-hydrogen) atoms. The van der Waals surface area contributed by atoms with E-state index in [2.05, 4.69) is 25.0 Å². The third-order valence-electron chi connectivity index (χ3n) is 2.76. The van der Waals surface area contributed by atoms with E-state index < -0.39 is 0 Å². The Morgan fingerprint density at radius 2 is 2.38 bits per heavy atom. The topological polar surface area (TPSA) is 85.6 Å². The van der Waals surface area contributed by atoms with Gasteiger partial charge in [-0.2, -0.15) is 5.10 Å². The third kappa shape index (κ3) is 3.14. The highest BCUT2D eigenvalue weighted by atomic mass is 32.1. The minimum atomic E-state index is -0.134. The fourth-order valence-corrected chi connectivity index (χ4v) is 3.09. The first-order chi connectivity index (χ1) is 10.2. The SMILES string of the molecule is Cc1nnsc1C(=O)NCCc1csc(-n2cccn2)n1. The van der Waals surface area contributed by atoms with Crippen molar-refractivity contribution in [2.75, 3.05) is 6.54 Å². The summed E-state index contributed by atoms with van der Waals surface area (Å²) in [5.74, 6) is -0.134. The van der Waals surface area contributed by atoms with Crippen LogP contribution in [0.4, 0.5) is 0 Å². The van der Waals surface area contributed by atoms with E-state index in [1.165, 1.54) is 11.3 Å². The van der Waals surface area contributed by atoms with Crippen LogP contribution in [-0.4, -0.2) is 36.8 Å². The second-order valence-electron chi connectivity index (χ2n) is 4.27. The van der Waals surface area contributed by atoms with Crippen LogP contribution in [-0.2, 0) is 6.42 Å². The van der Waals surface area contributed by atoms with Gasteiger partial charge in [0.15, 0.2) is 0 Å². The molecule has 1 amide bonds. The Balaban J connectivity index is 1.54. The van der Waals surface area contributed by atoms with Gasteiger partial charge in [0.05, 0.1) is 11.4 Å². The normalized spacial score (nSPS) is 10.7. The molecule has 3 aromatic heterocycles. The number of aryl methyl sites for hydroxylation is 1. The lowest BCUT2D eigenvalue weighted by Gasteiger charge is -2.01. The largest absolute Gasteiger partial charge is 0.351 e. The minimum absolute atomic E-state index is 0.134. The van der Waals surface area contributed by atoms with Crippen LogP contribution in [0.15, 0.2) is 23.8 Å². The fraction of sp³-hybridized carbons (Fsp3) is 0.250. The predicted molar refractivity (Wildman–Crippen MR) is 79.9 cm³/mol. The van der Waals surface area contributed by atoms with Gasteiger partial charge >= 0.3 is 0 Å². The zero-order valence-corrected chi connectivity index (χ0v) is 12.8. The molecule has 9 heteroatoms. The van der Waals surface area contributed by atoms with Crippen molar-refractivity contribution in [1.29, 1.82) is 0 Å². The summed E-state index contributed by atoms with van der Waals surface area (Å²) in [4.78, 5) is 16.9. The number of amides is 1. The summed E-state index contributed by atoms with van der Waals surface area (Å²) in [6.45, 7) is 2.30. The molecule has 0 fully saturated rings. The van der Waals surface area contributed by atoms with E-state index in [9.17, 15) is 4.79 Å². The second kappa shape index (κ2) is 6.10. The average Bonchev–Trinajstić information content (AvgIpc) is 3.19. The summed E-state index contributed by atoms with van der Waals surface area (Å²) >= 11 is 2.63. The molecule has 3 aromatic rings. The Morgan fingerprint density at radius 3 is 3.10 bits per heavy atom. The molecule has 0 aliphatic heterocycles. The number of nitrogens with one attached hydrogen (secondary N) is 1. The van der Waals surface area contributed by atoms with E-state index in [-0.39, 0.29) is 5.91 Å². The quantitative estimate of drug-likeness (QED) is 0.769. The van der Waals surface area contributed by atoms with Gasteiger partial charge < -0.3 is 5.32 Å². The van der Waals surface area contributed by atoms with Crippen LogP contribution in [0.1, 0.15) is 21.1 Å². The van der Waals surface area contributed by atoms with Gasteiger partial charge in [0, 0.05) is 30.7 Å². The summed E-state index contributed by atoms with van der Waals surface area (Å²) < 4.78 is 5.47. The second-order valence-corrected chi connectivity index (χ2v) is 5.86. The van der Waals surface area contributed by atoms with Crippen molar-refractivity contribution in [3.8, 4) is 5.13 Å². The molecule has 0 saturated heterocycles. The lowest BCUT2D eigenvalue weighted by atomic mass is 10.3. The molecule has 0 aromatic carbocycles. The Bertz CT molecular complexity index is 733. The first kappa shape index (κ1) is 13.8. The van der Waals surface area contributed by atoms with E-state index >= 15 is 0 Å². The van der Waals surface area contributed by atoms with E-state index in [1.807, 2.05) is 17.6 Å². The van der Waals surface area contributed by atoms with Gasteiger partial charge in [0.2, 0.25) is 5.13 Å². The molecule has 0 aliphatic carbocycles. The Kier molecular flexibility index (Phi) is 4.02. The molecule has 108 valence electrons. The van der Waals surface area contributed by atoms with Crippen LogP contribution in [0.2, 0.25) is 0 Å². The summed E-state index contributed by atoms with van der Waals surface area (Å²) in [6, 6.07) is 1.85. The highest BCUT2D eigenvalue weighted by Gasteiger charge is 2.12. The standard InChI is InChI=1S/C12H12N6OS2/c1-8-10(21-17-16-8)11(19)13-5-3-9-7-20-12(15-9)18-6-2-4-14-18/h2,4,6-7H,3,5H2,1H3,(H,13,19). The van der Waals surface area contributed by atoms with Crippen LogP contribution < -0.4 is 5.32 Å². The molecule has 1 N–H and O–H groups in total. The lowest BCUT2D eigenvalue weighted by molar-refractivity contribution is 0.0957. The maximum Gasteiger partial charge on any atom is 0.264 e. The number of aromatic nitrogens is 5. The van der Waals surface area contributed by atoms with Crippen molar-refractivity contribution < 1.29 is 4.79 Å². The number of hydrogen-bond donors (Lipinski definition) is 1. The van der Waals surface area contributed by atoms with Crippen LogP contribution in [0.3, 0.4) is 0 Å². The monoisotopic (exact) mass is 320 g/mol. The van der Waals surface area contributed by atoms with Crippen molar-refractivity contribution in [2.45, 2.75) is 13.3 Å². The van der Waals surface area contributed by atoms with Gasteiger partial charge in [-0.1, -0.05) is 4.49 Å². The Labute approximate surface area is 128 Å². The van der Waals surface area contributed by atoms with Crippen molar-refractivity contribution in [1.82, 2.24) is 29.7 Å². The lowest BCUT2D eigenvalue weighted by Crippen LogP contribution is -2.25. The van der Waals surface area contributed by atoms with E-state index in [1.54, 1.807) is 17.8 Å². The summed E-state index contributed by atoms with van der Waals surface area (Å²) in [5, 5.41) is 13.6. The molecule has 0 aliphatic rings. The molecule has 0 unspecified atom stereocenters. The highest BCUT2D eigenvalue weighted by molar-refractivity contribution is 7.12. The van der Waals surface area contributed by atoms with E-state index in [0.29, 0.717) is 23.5 Å². The van der Waals surface area contributed by atoms with Crippen molar-refractivity contribution in [3.05, 3.63) is 40.1 Å². The van der Waals surface area contributed by atoms with Crippen molar-refractivity contribution >= 4 is 28.8 Å². The highest BCUT2D eigenvalue weighted by Crippen LogP contribution is 2.14. The minimum Gasteiger partial charge on any atom is -0.351 e. The predicted octanol–water partition coefficient (Wildman–Crippen LogP) is 1.46. The number of carbonyl (C=O) groups excluding carboxylic acids is 1. The molecule has 0 saturated carbocycles. The maximum absolute atomic E-state index is 11.9. The van der Waals surface area contributed by atoms with E-state index in [0.717, 1.165) is 22.4 Å². The zero-order chi connectivity index (χ0) is 14.7. The van der Waals surface area contributed by atoms with Gasteiger partial charge in [-0.15, -0.1) is 16.4 Å². The number of rotatable bonds is 5. The molecule has 0 spiro atoms. The molecule has 3 rings (SSSR count). The van der Waals surface area contributed by atoms with Crippen LogP contribution in [0, 0.1) is 6.92 Å². The fourth-order valence-electron chi connectivity index (χ4n) is 1.72. The van der Waals surface area contributed by atoms with Gasteiger partial charge in [-0.3, -0.25) is 4.79 Å².